The third-order valence-electron chi connectivity index (χ3n) is 4.08. The summed E-state index contributed by atoms with van der Waals surface area (Å²) in [6.45, 7) is 0.637. The van der Waals surface area contributed by atoms with Crippen molar-refractivity contribution in [2.45, 2.75) is 12.2 Å². The highest BCUT2D eigenvalue weighted by atomic mass is 79.9. The normalized spacial score (nSPS) is 13.2. The summed E-state index contributed by atoms with van der Waals surface area (Å²) in [4.78, 5) is 13.8. The van der Waals surface area contributed by atoms with Crippen molar-refractivity contribution < 1.29 is 17.9 Å². The van der Waals surface area contributed by atoms with Crippen molar-refractivity contribution in [1.29, 1.82) is 0 Å². The Morgan fingerprint density at radius 3 is 2.64 bits per heavy atom. The van der Waals surface area contributed by atoms with Gasteiger partial charge in [-0.3, -0.25) is 4.79 Å². The van der Waals surface area contributed by atoms with Crippen LogP contribution in [0.25, 0.3) is 0 Å². The molecule has 132 valence electrons. The van der Waals surface area contributed by atoms with Gasteiger partial charge in [-0.15, -0.1) is 0 Å². The van der Waals surface area contributed by atoms with Crippen molar-refractivity contribution in [3.63, 3.8) is 0 Å². The number of fused-ring (bicyclic) bond motifs is 1. The molecular weight excluding hydrogens is 406 g/mol. The number of carbonyl (C=O) groups excluding carboxylic acids is 1. The first kappa shape index (κ1) is 17.9. The first-order valence-electron chi connectivity index (χ1n) is 7.81. The van der Waals surface area contributed by atoms with E-state index in [0.717, 1.165) is 22.2 Å². The largest absolute Gasteiger partial charge is 0.493 e. The van der Waals surface area contributed by atoms with Gasteiger partial charge in [0.1, 0.15) is 11.5 Å². The number of hydrogen-bond donors (Lipinski definition) is 0. The molecule has 1 aliphatic rings. The van der Waals surface area contributed by atoms with E-state index >= 15 is 0 Å². The molecule has 0 N–H and O–H groups in total. The number of anilines is 1. The molecule has 0 aliphatic carbocycles. The minimum absolute atomic E-state index is 0.155. The summed E-state index contributed by atoms with van der Waals surface area (Å²) < 4.78 is 31.0. The minimum Gasteiger partial charge on any atom is -0.493 e. The van der Waals surface area contributed by atoms with Gasteiger partial charge in [-0.1, -0.05) is 28.1 Å². The first-order chi connectivity index (χ1) is 11.8. The maximum absolute atomic E-state index is 12.4. The van der Waals surface area contributed by atoms with Gasteiger partial charge in [0.05, 0.1) is 12.4 Å². The molecule has 25 heavy (non-hydrogen) atoms. The summed E-state index contributed by atoms with van der Waals surface area (Å²) in [7, 11) is -1.95. The molecule has 0 unspecified atom stereocenters. The van der Waals surface area contributed by atoms with Crippen LogP contribution in [-0.2, 0) is 26.8 Å². The third kappa shape index (κ3) is 4.41. The lowest BCUT2D eigenvalue weighted by Gasteiger charge is -2.18. The SMILES string of the molecule is CN(C(=O)CS(=O)(=O)Cc1ccc(Br)cc1)c1ccc2c(c1)CCO2. The van der Waals surface area contributed by atoms with Crippen LogP contribution in [0.4, 0.5) is 5.69 Å². The highest BCUT2D eigenvalue weighted by Gasteiger charge is 2.22. The summed E-state index contributed by atoms with van der Waals surface area (Å²) >= 11 is 3.31. The van der Waals surface area contributed by atoms with Gasteiger partial charge in [0.25, 0.3) is 0 Å². The number of halogens is 1. The number of ether oxygens (including phenoxy) is 1. The van der Waals surface area contributed by atoms with Crippen molar-refractivity contribution in [3.05, 3.63) is 58.1 Å². The number of hydrogen-bond acceptors (Lipinski definition) is 4. The number of carbonyl (C=O) groups is 1. The number of amides is 1. The Balaban J connectivity index is 1.68. The molecule has 2 aromatic rings. The molecule has 0 saturated carbocycles. The summed E-state index contributed by atoms with van der Waals surface area (Å²) in [6, 6.07) is 12.5. The van der Waals surface area contributed by atoms with Gasteiger partial charge in [-0.25, -0.2) is 8.42 Å². The molecule has 1 heterocycles. The average molecular weight is 424 g/mol. The van der Waals surface area contributed by atoms with E-state index in [-0.39, 0.29) is 5.75 Å². The molecule has 3 rings (SSSR count). The standard InChI is InChI=1S/C18H18BrNO4S/c1-20(16-6-7-17-14(10-16)8-9-24-17)18(21)12-25(22,23)11-13-2-4-15(19)5-3-13/h2-7,10H,8-9,11-12H2,1H3. The van der Waals surface area contributed by atoms with Crippen LogP contribution >= 0.6 is 15.9 Å². The molecule has 1 aliphatic heterocycles. The monoisotopic (exact) mass is 423 g/mol. The summed E-state index contributed by atoms with van der Waals surface area (Å²) in [5.41, 5.74) is 2.37. The van der Waals surface area contributed by atoms with Crippen molar-refractivity contribution in [2.75, 3.05) is 24.3 Å². The quantitative estimate of drug-likeness (QED) is 0.741. The van der Waals surface area contributed by atoms with Gasteiger partial charge < -0.3 is 9.64 Å². The smallest absolute Gasteiger partial charge is 0.241 e. The van der Waals surface area contributed by atoms with Gasteiger partial charge in [-0.05, 0) is 41.5 Å². The molecule has 0 radical (unpaired) electrons. The second-order valence-corrected chi connectivity index (χ2v) is 8.98. The van der Waals surface area contributed by atoms with Gasteiger partial charge in [0.2, 0.25) is 5.91 Å². The summed E-state index contributed by atoms with van der Waals surface area (Å²) in [5.74, 6) is -0.297. The fourth-order valence-electron chi connectivity index (χ4n) is 2.70. The molecule has 0 saturated heterocycles. The molecule has 0 atom stereocenters. The highest BCUT2D eigenvalue weighted by molar-refractivity contribution is 9.10. The number of nitrogens with zero attached hydrogens (tertiary/aromatic N) is 1. The molecule has 0 aromatic heterocycles. The van der Waals surface area contributed by atoms with Gasteiger partial charge >= 0.3 is 0 Å². The number of benzene rings is 2. The van der Waals surface area contributed by atoms with Crippen LogP contribution in [0.1, 0.15) is 11.1 Å². The minimum atomic E-state index is -3.54. The molecule has 7 heteroatoms. The molecule has 2 aromatic carbocycles. The Hall–Kier alpha value is -1.86. The summed E-state index contributed by atoms with van der Waals surface area (Å²) in [6.07, 6.45) is 0.799. The zero-order valence-electron chi connectivity index (χ0n) is 13.7. The fourth-order valence-corrected chi connectivity index (χ4v) is 4.33. The van der Waals surface area contributed by atoms with Crippen LogP contribution in [0.5, 0.6) is 5.75 Å². The van der Waals surface area contributed by atoms with E-state index in [2.05, 4.69) is 15.9 Å². The maximum atomic E-state index is 12.4. The predicted octanol–water partition coefficient (Wildman–Crippen LogP) is 2.96. The second kappa shape index (κ2) is 7.17. The number of sulfone groups is 1. The van der Waals surface area contributed by atoms with Crippen LogP contribution in [0.15, 0.2) is 46.9 Å². The van der Waals surface area contributed by atoms with Crippen molar-refractivity contribution in [3.8, 4) is 5.75 Å². The van der Waals surface area contributed by atoms with Crippen LogP contribution in [0.3, 0.4) is 0 Å². The van der Waals surface area contributed by atoms with Crippen LogP contribution in [-0.4, -0.2) is 33.7 Å². The molecular formula is C18H18BrNO4S. The Morgan fingerprint density at radius 2 is 1.92 bits per heavy atom. The molecule has 1 amide bonds. The Bertz CT molecular complexity index is 894. The zero-order valence-corrected chi connectivity index (χ0v) is 16.1. The van der Waals surface area contributed by atoms with Gasteiger partial charge in [0, 0.05) is 23.6 Å². The Kier molecular flexibility index (Phi) is 5.15. The lowest BCUT2D eigenvalue weighted by Crippen LogP contribution is -2.32. The predicted molar refractivity (Wildman–Crippen MR) is 101 cm³/mol. The highest BCUT2D eigenvalue weighted by Crippen LogP contribution is 2.29. The first-order valence-corrected chi connectivity index (χ1v) is 10.4. The second-order valence-electron chi connectivity index (χ2n) is 6.00. The van der Waals surface area contributed by atoms with Crippen molar-refractivity contribution in [2.24, 2.45) is 0 Å². The van der Waals surface area contributed by atoms with E-state index in [0.29, 0.717) is 17.9 Å². The summed E-state index contributed by atoms with van der Waals surface area (Å²) in [5, 5.41) is 0. The number of rotatable bonds is 5. The van der Waals surface area contributed by atoms with E-state index < -0.39 is 21.5 Å². The van der Waals surface area contributed by atoms with Gasteiger partial charge in [-0.2, -0.15) is 0 Å². The lowest BCUT2D eigenvalue weighted by molar-refractivity contribution is -0.115. The topological polar surface area (TPSA) is 63.7 Å². The Labute approximate surface area is 155 Å². The van der Waals surface area contributed by atoms with E-state index in [4.69, 9.17) is 4.74 Å². The average Bonchev–Trinajstić information content (AvgIpc) is 3.03. The van der Waals surface area contributed by atoms with Crippen molar-refractivity contribution in [1.82, 2.24) is 0 Å². The maximum Gasteiger partial charge on any atom is 0.241 e. The molecule has 0 spiro atoms. The van der Waals surface area contributed by atoms with Gasteiger partial charge in [0.15, 0.2) is 9.84 Å². The zero-order chi connectivity index (χ0) is 18.0. The van der Waals surface area contributed by atoms with Crippen LogP contribution < -0.4 is 9.64 Å². The van der Waals surface area contributed by atoms with Crippen LogP contribution in [0.2, 0.25) is 0 Å². The van der Waals surface area contributed by atoms with E-state index in [1.165, 1.54) is 4.90 Å². The molecule has 0 fully saturated rings. The molecule has 5 nitrogen and oxygen atoms in total. The van der Waals surface area contributed by atoms with E-state index in [1.807, 2.05) is 12.1 Å². The molecule has 0 bridgehead atoms. The fraction of sp³-hybridized carbons (Fsp3) is 0.278. The van der Waals surface area contributed by atoms with E-state index in [1.54, 1.807) is 37.4 Å². The Morgan fingerprint density at radius 1 is 1.20 bits per heavy atom. The third-order valence-corrected chi connectivity index (χ3v) is 6.07. The van der Waals surface area contributed by atoms with E-state index in [9.17, 15) is 13.2 Å². The lowest BCUT2D eigenvalue weighted by atomic mass is 10.1. The van der Waals surface area contributed by atoms with Crippen molar-refractivity contribution >= 4 is 37.4 Å². The van der Waals surface area contributed by atoms with Crippen LogP contribution in [0, 0.1) is 0 Å².